The van der Waals surface area contributed by atoms with Gasteiger partial charge in [0.05, 0.1) is 11.2 Å². The van der Waals surface area contributed by atoms with Crippen LogP contribution >= 0.6 is 15.9 Å². The quantitative estimate of drug-likeness (QED) is 0.822. The Morgan fingerprint density at radius 1 is 1.21 bits per heavy atom. The minimum Gasteiger partial charge on any atom is -0.435 e. The highest BCUT2D eigenvalue weighted by molar-refractivity contribution is 9.10. The number of aryl methyl sites for hydroxylation is 1. The highest BCUT2D eigenvalue weighted by Crippen LogP contribution is 2.39. The highest BCUT2D eigenvalue weighted by Gasteiger charge is 2.36. The molecule has 1 aliphatic rings. The van der Waals surface area contributed by atoms with Crippen LogP contribution in [0.4, 0.5) is 8.78 Å². The molecule has 2 aromatic rings. The zero-order valence-corrected chi connectivity index (χ0v) is 14.6. The second-order valence-corrected chi connectivity index (χ2v) is 6.71. The zero-order chi connectivity index (χ0) is 17.3. The molecular weight excluding hydrogens is 378 g/mol. The van der Waals surface area contributed by atoms with Crippen LogP contribution in [0, 0.1) is 6.92 Å². The number of nitrogens with one attached hydrogen (secondary N) is 1. The molecule has 6 heteroatoms. The number of hydrogen-bond acceptors (Lipinski definition) is 3. The maximum atomic E-state index is 12.5. The minimum atomic E-state index is -2.84. The smallest absolute Gasteiger partial charge is 0.387 e. The van der Waals surface area contributed by atoms with Gasteiger partial charge in [0.25, 0.3) is 0 Å². The van der Waals surface area contributed by atoms with Crippen molar-refractivity contribution in [1.29, 1.82) is 0 Å². The molecule has 0 bridgehead atoms. The molecule has 24 heavy (non-hydrogen) atoms. The average molecular weight is 395 g/mol. The van der Waals surface area contributed by atoms with Crippen molar-refractivity contribution < 1.29 is 13.5 Å². The topological polar surface area (TPSA) is 47.3 Å². The van der Waals surface area contributed by atoms with Gasteiger partial charge in [0, 0.05) is 11.0 Å². The normalized spacial score (nSPS) is 20.0. The summed E-state index contributed by atoms with van der Waals surface area (Å²) >= 11 is 3.50. The third-order valence-electron chi connectivity index (χ3n) is 4.22. The van der Waals surface area contributed by atoms with E-state index in [1.807, 2.05) is 42.5 Å². The van der Waals surface area contributed by atoms with Crippen LogP contribution in [0.2, 0.25) is 0 Å². The molecule has 0 fully saturated rings. The van der Waals surface area contributed by atoms with Crippen molar-refractivity contribution >= 4 is 15.9 Å². The maximum absolute atomic E-state index is 12.5. The Morgan fingerprint density at radius 2 is 1.96 bits per heavy atom. The van der Waals surface area contributed by atoms with Crippen molar-refractivity contribution in [3.63, 3.8) is 0 Å². The SMILES string of the molecule is Cc1cc([C@@]2(c3cccc(Br)c3)C=C(N)NC2)ccc1OC(F)F. The zero-order valence-electron chi connectivity index (χ0n) is 13.0. The summed E-state index contributed by atoms with van der Waals surface area (Å²) in [5, 5.41) is 3.17. The Bertz CT molecular complexity index is 794. The third-order valence-corrected chi connectivity index (χ3v) is 4.71. The monoisotopic (exact) mass is 394 g/mol. The van der Waals surface area contributed by atoms with E-state index in [0.717, 1.165) is 15.6 Å². The van der Waals surface area contributed by atoms with E-state index >= 15 is 0 Å². The fourth-order valence-corrected chi connectivity index (χ4v) is 3.47. The van der Waals surface area contributed by atoms with Crippen LogP contribution in [0.5, 0.6) is 5.75 Å². The van der Waals surface area contributed by atoms with Gasteiger partial charge in [0.2, 0.25) is 0 Å². The molecule has 0 saturated heterocycles. The highest BCUT2D eigenvalue weighted by atomic mass is 79.9. The largest absolute Gasteiger partial charge is 0.435 e. The number of rotatable bonds is 4. The molecule has 0 spiro atoms. The van der Waals surface area contributed by atoms with Crippen molar-refractivity contribution in [1.82, 2.24) is 5.32 Å². The van der Waals surface area contributed by atoms with Gasteiger partial charge in [-0.3, -0.25) is 0 Å². The van der Waals surface area contributed by atoms with Crippen molar-refractivity contribution in [2.75, 3.05) is 6.54 Å². The van der Waals surface area contributed by atoms with E-state index in [1.165, 1.54) is 0 Å². The molecule has 0 aromatic heterocycles. The molecule has 1 aliphatic heterocycles. The standard InChI is InChI=1S/C18H17BrF2N2O/c1-11-7-13(5-6-15(11)24-17(20)21)18(9-16(22)23-10-18)12-3-2-4-14(19)8-12/h2-9,17,23H,10,22H2,1H3/t18-/m0/s1. The molecule has 1 atom stereocenters. The molecule has 0 aliphatic carbocycles. The molecule has 126 valence electrons. The molecular formula is C18H17BrF2N2O. The van der Waals surface area contributed by atoms with E-state index in [4.69, 9.17) is 5.73 Å². The fraction of sp³-hybridized carbons (Fsp3) is 0.222. The molecule has 3 nitrogen and oxygen atoms in total. The van der Waals surface area contributed by atoms with E-state index in [9.17, 15) is 8.78 Å². The van der Waals surface area contributed by atoms with E-state index in [0.29, 0.717) is 17.9 Å². The van der Waals surface area contributed by atoms with Crippen LogP contribution in [0.3, 0.4) is 0 Å². The van der Waals surface area contributed by atoms with Crippen LogP contribution in [-0.2, 0) is 5.41 Å². The first-order valence-corrected chi connectivity index (χ1v) is 8.24. The molecule has 0 radical (unpaired) electrons. The van der Waals surface area contributed by atoms with Crippen molar-refractivity contribution in [2.45, 2.75) is 19.0 Å². The lowest BCUT2D eigenvalue weighted by atomic mass is 9.75. The molecule has 0 unspecified atom stereocenters. The Balaban J connectivity index is 2.10. The summed E-state index contributed by atoms with van der Waals surface area (Å²) in [5.41, 5.74) is 8.20. The van der Waals surface area contributed by atoms with Gasteiger partial charge in [-0.1, -0.05) is 40.2 Å². The van der Waals surface area contributed by atoms with Gasteiger partial charge in [0.1, 0.15) is 5.75 Å². The lowest BCUT2D eigenvalue weighted by molar-refractivity contribution is -0.0503. The maximum Gasteiger partial charge on any atom is 0.387 e. The summed E-state index contributed by atoms with van der Waals surface area (Å²) < 4.78 is 30.5. The Morgan fingerprint density at radius 3 is 2.54 bits per heavy atom. The number of nitrogens with two attached hydrogens (primary N) is 1. The molecule has 2 aromatic carbocycles. The Hall–Kier alpha value is -2.08. The number of hydrogen-bond donors (Lipinski definition) is 2. The Labute approximate surface area is 147 Å². The van der Waals surface area contributed by atoms with E-state index in [-0.39, 0.29) is 5.75 Å². The van der Waals surface area contributed by atoms with Crippen molar-refractivity contribution in [3.8, 4) is 5.75 Å². The first kappa shape index (κ1) is 16.8. The summed E-state index contributed by atoms with van der Waals surface area (Å²) in [6, 6.07) is 13.2. The average Bonchev–Trinajstić information content (AvgIpc) is 2.92. The molecule has 3 rings (SSSR count). The van der Waals surface area contributed by atoms with Gasteiger partial charge in [-0.25, -0.2) is 0 Å². The van der Waals surface area contributed by atoms with E-state index in [2.05, 4.69) is 26.0 Å². The lowest BCUT2D eigenvalue weighted by Crippen LogP contribution is -2.31. The van der Waals surface area contributed by atoms with Gasteiger partial charge in [-0.05, 0) is 47.9 Å². The van der Waals surface area contributed by atoms with Gasteiger partial charge in [0.15, 0.2) is 0 Å². The summed E-state index contributed by atoms with van der Waals surface area (Å²) in [6.07, 6.45) is 1.97. The summed E-state index contributed by atoms with van der Waals surface area (Å²) in [6.45, 7) is -0.480. The van der Waals surface area contributed by atoms with Crippen LogP contribution in [0.1, 0.15) is 16.7 Å². The number of benzene rings is 2. The second-order valence-electron chi connectivity index (χ2n) is 5.79. The third kappa shape index (κ3) is 3.11. The minimum absolute atomic E-state index is 0.182. The predicted molar refractivity (Wildman–Crippen MR) is 93.0 cm³/mol. The van der Waals surface area contributed by atoms with Crippen LogP contribution in [0.15, 0.2) is 58.8 Å². The summed E-state index contributed by atoms with van der Waals surface area (Å²) in [5.74, 6) is 0.779. The van der Waals surface area contributed by atoms with Crippen LogP contribution < -0.4 is 15.8 Å². The summed E-state index contributed by atoms with van der Waals surface area (Å²) in [4.78, 5) is 0. The van der Waals surface area contributed by atoms with Gasteiger partial charge in [-0.2, -0.15) is 8.78 Å². The fourth-order valence-electron chi connectivity index (χ4n) is 3.07. The molecule has 3 N–H and O–H groups in total. The lowest BCUT2D eigenvalue weighted by Gasteiger charge is -2.29. The second kappa shape index (κ2) is 6.43. The van der Waals surface area contributed by atoms with Crippen molar-refractivity contribution in [3.05, 3.63) is 75.5 Å². The predicted octanol–water partition coefficient (Wildman–Crippen LogP) is 4.05. The summed E-state index contributed by atoms with van der Waals surface area (Å²) in [7, 11) is 0. The van der Waals surface area contributed by atoms with Crippen molar-refractivity contribution in [2.24, 2.45) is 5.73 Å². The van der Waals surface area contributed by atoms with Crippen LogP contribution in [-0.4, -0.2) is 13.2 Å². The van der Waals surface area contributed by atoms with E-state index < -0.39 is 12.0 Å². The molecule has 0 saturated carbocycles. The van der Waals surface area contributed by atoms with Crippen LogP contribution in [0.25, 0.3) is 0 Å². The van der Waals surface area contributed by atoms with E-state index in [1.54, 1.807) is 13.0 Å². The van der Waals surface area contributed by atoms with Gasteiger partial charge < -0.3 is 15.8 Å². The molecule has 1 heterocycles. The molecule has 0 amide bonds. The number of ether oxygens (including phenoxy) is 1. The van der Waals surface area contributed by atoms with Gasteiger partial charge in [-0.15, -0.1) is 0 Å². The first-order valence-electron chi connectivity index (χ1n) is 7.45. The number of alkyl halides is 2. The first-order chi connectivity index (χ1) is 11.4. The Kier molecular flexibility index (Phi) is 4.49. The van der Waals surface area contributed by atoms with Gasteiger partial charge >= 0.3 is 6.61 Å². The number of halogens is 3.